The topological polar surface area (TPSA) is 29.1 Å². The van der Waals surface area contributed by atoms with E-state index >= 15 is 0 Å². The molecule has 0 aromatic heterocycles. The number of carbonyl (C=O) groups excluding carboxylic acids is 1. The van der Waals surface area contributed by atoms with E-state index in [9.17, 15) is 4.79 Å². The third-order valence-electron chi connectivity index (χ3n) is 4.13. The van der Waals surface area contributed by atoms with Crippen LogP contribution < -0.4 is 5.32 Å². The zero-order chi connectivity index (χ0) is 16.5. The van der Waals surface area contributed by atoms with E-state index < -0.39 is 0 Å². The van der Waals surface area contributed by atoms with E-state index in [1.165, 1.54) is 10.8 Å². The van der Waals surface area contributed by atoms with Gasteiger partial charge in [-0.15, -0.1) is 12.6 Å². The molecule has 3 heteroatoms. The van der Waals surface area contributed by atoms with Gasteiger partial charge < -0.3 is 5.32 Å². The standard InChI is InChI=1S/C21H15NOS/c23-21(22-17-8-10-18(24)11-9-17)16-7-12-20-15(13-16)6-5-14-3-1-2-4-19(14)20/h1-13,24H,(H,22,23). The summed E-state index contributed by atoms with van der Waals surface area (Å²) >= 11 is 4.25. The van der Waals surface area contributed by atoms with Crippen molar-refractivity contribution >= 4 is 45.8 Å². The van der Waals surface area contributed by atoms with Gasteiger partial charge in [0.25, 0.3) is 5.91 Å². The van der Waals surface area contributed by atoms with Crippen LogP contribution in [0.1, 0.15) is 10.4 Å². The van der Waals surface area contributed by atoms with Crippen molar-refractivity contribution in [3.05, 3.63) is 84.4 Å². The Bertz CT molecular complexity index is 1050. The molecule has 0 aliphatic rings. The summed E-state index contributed by atoms with van der Waals surface area (Å²) in [5, 5.41) is 7.54. The average Bonchev–Trinajstić information content (AvgIpc) is 2.63. The van der Waals surface area contributed by atoms with Crippen LogP contribution in [-0.4, -0.2) is 5.91 Å². The molecule has 0 atom stereocenters. The Morgan fingerprint density at radius 2 is 1.46 bits per heavy atom. The van der Waals surface area contributed by atoms with Gasteiger partial charge in [-0.1, -0.05) is 42.5 Å². The number of benzene rings is 4. The summed E-state index contributed by atoms with van der Waals surface area (Å²) in [5.41, 5.74) is 1.41. The number of carbonyl (C=O) groups is 1. The van der Waals surface area contributed by atoms with Crippen LogP contribution in [0.5, 0.6) is 0 Å². The maximum atomic E-state index is 12.5. The van der Waals surface area contributed by atoms with Crippen LogP contribution in [0, 0.1) is 0 Å². The van der Waals surface area contributed by atoms with E-state index in [-0.39, 0.29) is 5.91 Å². The molecule has 0 aliphatic carbocycles. The van der Waals surface area contributed by atoms with Gasteiger partial charge in [-0.05, 0) is 57.9 Å². The van der Waals surface area contributed by atoms with Crippen LogP contribution >= 0.6 is 12.6 Å². The van der Waals surface area contributed by atoms with E-state index in [4.69, 9.17) is 0 Å². The molecular weight excluding hydrogens is 314 g/mol. The zero-order valence-corrected chi connectivity index (χ0v) is 13.8. The summed E-state index contributed by atoms with van der Waals surface area (Å²) in [6.07, 6.45) is 0. The minimum Gasteiger partial charge on any atom is -0.322 e. The molecule has 0 fully saturated rings. The van der Waals surface area contributed by atoms with Gasteiger partial charge in [-0.2, -0.15) is 0 Å². The first-order valence-electron chi connectivity index (χ1n) is 7.73. The highest BCUT2D eigenvalue weighted by Gasteiger charge is 2.08. The second-order valence-electron chi connectivity index (χ2n) is 5.72. The smallest absolute Gasteiger partial charge is 0.255 e. The van der Waals surface area contributed by atoms with Gasteiger partial charge in [0.2, 0.25) is 0 Å². The Morgan fingerprint density at radius 3 is 2.29 bits per heavy atom. The Morgan fingerprint density at radius 1 is 0.750 bits per heavy atom. The first-order chi connectivity index (χ1) is 11.7. The van der Waals surface area contributed by atoms with Gasteiger partial charge in [0.15, 0.2) is 0 Å². The second kappa shape index (κ2) is 6.02. The molecule has 0 bridgehead atoms. The highest BCUT2D eigenvalue weighted by molar-refractivity contribution is 7.80. The molecule has 0 spiro atoms. The molecule has 0 unspecified atom stereocenters. The first-order valence-corrected chi connectivity index (χ1v) is 8.17. The van der Waals surface area contributed by atoms with Gasteiger partial charge in [0, 0.05) is 16.1 Å². The van der Waals surface area contributed by atoms with Crippen molar-refractivity contribution in [2.45, 2.75) is 4.90 Å². The number of hydrogen-bond donors (Lipinski definition) is 2. The van der Waals surface area contributed by atoms with Gasteiger partial charge >= 0.3 is 0 Å². The molecule has 4 rings (SSSR count). The molecule has 4 aromatic carbocycles. The van der Waals surface area contributed by atoms with Crippen LogP contribution in [-0.2, 0) is 0 Å². The van der Waals surface area contributed by atoms with E-state index in [2.05, 4.69) is 42.2 Å². The third kappa shape index (κ3) is 2.74. The minimum absolute atomic E-state index is 0.114. The largest absolute Gasteiger partial charge is 0.322 e. The summed E-state index contributed by atoms with van der Waals surface area (Å²) in [4.78, 5) is 13.3. The predicted octanol–water partition coefficient (Wildman–Crippen LogP) is 5.53. The van der Waals surface area contributed by atoms with Crippen LogP contribution in [0.4, 0.5) is 5.69 Å². The predicted molar refractivity (Wildman–Crippen MR) is 103 cm³/mol. The van der Waals surface area contributed by atoms with E-state index in [1.807, 2.05) is 54.6 Å². The van der Waals surface area contributed by atoms with Crippen molar-refractivity contribution in [1.29, 1.82) is 0 Å². The molecule has 0 heterocycles. The normalized spacial score (nSPS) is 10.9. The summed E-state index contributed by atoms with van der Waals surface area (Å²) in [6.45, 7) is 0. The maximum absolute atomic E-state index is 12.5. The van der Waals surface area contributed by atoms with Crippen LogP contribution in [0.2, 0.25) is 0 Å². The Labute approximate surface area is 145 Å². The summed E-state index contributed by atoms with van der Waals surface area (Å²) < 4.78 is 0. The summed E-state index contributed by atoms with van der Waals surface area (Å²) in [7, 11) is 0. The van der Waals surface area contributed by atoms with Crippen molar-refractivity contribution < 1.29 is 4.79 Å². The van der Waals surface area contributed by atoms with E-state index in [0.29, 0.717) is 5.56 Å². The molecule has 0 aliphatic heterocycles. The highest BCUT2D eigenvalue weighted by Crippen LogP contribution is 2.26. The molecule has 116 valence electrons. The summed E-state index contributed by atoms with van der Waals surface area (Å²) in [6, 6.07) is 25.6. The lowest BCUT2D eigenvalue weighted by Crippen LogP contribution is -2.11. The molecule has 4 aromatic rings. The number of nitrogens with one attached hydrogen (secondary N) is 1. The fraction of sp³-hybridized carbons (Fsp3) is 0. The molecule has 0 saturated carbocycles. The fourth-order valence-electron chi connectivity index (χ4n) is 2.90. The molecular formula is C21H15NOS. The fourth-order valence-corrected chi connectivity index (χ4v) is 3.05. The molecule has 24 heavy (non-hydrogen) atoms. The minimum atomic E-state index is -0.114. The average molecular weight is 329 g/mol. The number of amides is 1. The molecule has 2 nitrogen and oxygen atoms in total. The maximum Gasteiger partial charge on any atom is 0.255 e. The number of thiol groups is 1. The van der Waals surface area contributed by atoms with Crippen molar-refractivity contribution in [3.8, 4) is 0 Å². The van der Waals surface area contributed by atoms with Gasteiger partial charge in [0.05, 0.1) is 0 Å². The zero-order valence-electron chi connectivity index (χ0n) is 12.9. The van der Waals surface area contributed by atoms with Gasteiger partial charge in [0.1, 0.15) is 0 Å². The second-order valence-corrected chi connectivity index (χ2v) is 6.24. The number of anilines is 1. The SMILES string of the molecule is O=C(Nc1ccc(S)cc1)c1ccc2c(ccc3ccccc32)c1. The third-order valence-corrected chi connectivity index (χ3v) is 4.43. The van der Waals surface area contributed by atoms with Gasteiger partial charge in [-0.3, -0.25) is 4.79 Å². The number of rotatable bonds is 2. The first kappa shape index (κ1) is 14.8. The summed E-state index contributed by atoms with van der Waals surface area (Å²) in [5.74, 6) is -0.114. The van der Waals surface area contributed by atoms with Crippen LogP contribution in [0.15, 0.2) is 83.8 Å². The molecule has 1 amide bonds. The Balaban J connectivity index is 1.70. The number of hydrogen-bond acceptors (Lipinski definition) is 2. The Kier molecular flexibility index (Phi) is 3.71. The lowest BCUT2D eigenvalue weighted by Gasteiger charge is -2.08. The van der Waals surface area contributed by atoms with Gasteiger partial charge in [-0.25, -0.2) is 0 Å². The van der Waals surface area contributed by atoms with Crippen molar-refractivity contribution in [2.24, 2.45) is 0 Å². The quantitative estimate of drug-likeness (QED) is 0.367. The van der Waals surface area contributed by atoms with Crippen LogP contribution in [0.3, 0.4) is 0 Å². The monoisotopic (exact) mass is 329 g/mol. The molecule has 1 N–H and O–H groups in total. The lowest BCUT2D eigenvalue weighted by molar-refractivity contribution is 0.102. The highest BCUT2D eigenvalue weighted by atomic mass is 32.1. The van der Waals surface area contributed by atoms with Crippen molar-refractivity contribution in [1.82, 2.24) is 0 Å². The Hall–Kier alpha value is -2.78. The molecule has 0 radical (unpaired) electrons. The molecule has 0 saturated heterocycles. The lowest BCUT2D eigenvalue weighted by atomic mass is 10.00. The number of fused-ring (bicyclic) bond motifs is 3. The van der Waals surface area contributed by atoms with E-state index in [1.54, 1.807) is 0 Å². The van der Waals surface area contributed by atoms with Crippen molar-refractivity contribution in [3.63, 3.8) is 0 Å². The van der Waals surface area contributed by atoms with Crippen molar-refractivity contribution in [2.75, 3.05) is 5.32 Å². The van der Waals surface area contributed by atoms with Crippen LogP contribution in [0.25, 0.3) is 21.5 Å². The van der Waals surface area contributed by atoms with E-state index in [0.717, 1.165) is 21.4 Å².